The van der Waals surface area contributed by atoms with E-state index in [0.29, 0.717) is 16.6 Å². The molecule has 1 heterocycles. The summed E-state index contributed by atoms with van der Waals surface area (Å²) < 4.78 is 9.92. The number of carbonyl (C=O) groups excluding carboxylic acids is 2. The van der Waals surface area contributed by atoms with Crippen molar-refractivity contribution in [2.45, 2.75) is 20.3 Å². The van der Waals surface area contributed by atoms with Crippen LogP contribution in [0.5, 0.6) is 5.75 Å². The van der Waals surface area contributed by atoms with Gasteiger partial charge >= 0.3 is 11.9 Å². The van der Waals surface area contributed by atoms with E-state index in [2.05, 4.69) is 4.98 Å². The third-order valence-electron chi connectivity index (χ3n) is 2.97. The Labute approximate surface area is 121 Å². The predicted octanol–water partition coefficient (Wildman–Crippen LogP) is 2.16. The van der Waals surface area contributed by atoms with Crippen molar-refractivity contribution in [3.63, 3.8) is 0 Å². The fourth-order valence-electron chi connectivity index (χ4n) is 2.16. The van der Waals surface area contributed by atoms with Crippen LogP contribution in [0.3, 0.4) is 0 Å². The number of benzene rings is 1. The Kier molecular flexibility index (Phi) is 4.47. The number of H-pyrrole nitrogens is 1. The summed E-state index contributed by atoms with van der Waals surface area (Å²) in [5.74, 6) is -0.929. The minimum atomic E-state index is -0.534. The number of hydrogen-bond donors (Lipinski definition) is 2. The van der Waals surface area contributed by atoms with Crippen LogP contribution >= 0.6 is 0 Å². The second-order valence-electron chi connectivity index (χ2n) is 4.41. The van der Waals surface area contributed by atoms with Gasteiger partial charge in [0, 0.05) is 16.6 Å². The molecule has 0 fully saturated rings. The molecule has 1 aromatic heterocycles. The number of ether oxygens (including phenoxy) is 2. The topological polar surface area (TPSA) is 88.6 Å². The van der Waals surface area contributed by atoms with E-state index in [-0.39, 0.29) is 30.9 Å². The Bertz CT molecular complexity index is 674. The van der Waals surface area contributed by atoms with Crippen LogP contribution in [0, 0.1) is 0 Å². The fraction of sp³-hybridized carbons (Fsp3) is 0.333. The third-order valence-corrected chi connectivity index (χ3v) is 2.97. The van der Waals surface area contributed by atoms with Crippen LogP contribution in [-0.4, -0.2) is 35.2 Å². The summed E-state index contributed by atoms with van der Waals surface area (Å²) in [4.78, 5) is 26.8. The van der Waals surface area contributed by atoms with Crippen molar-refractivity contribution in [3.05, 3.63) is 29.5 Å². The normalized spacial score (nSPS) is 10.6. The average molecular weight is 291 g/mol. The molecular weight excluding hydrogens is 274 g/mol. The zero-order chi connectivity index (χ0) is 15.4. The third kappa shape index (κ3) is 3.16. The quantitative estimate of drug-likeness (QED) is 0.824. The van der Waals surface area contributed by atoms with Crippen molar-refractivity contribution in [3.8, 4) is 5.75 Å². The van der Waals surface area contributed by atoms with Crippen molar-refractivity contribution in [2.24, 2.45) is 0 Å². The van der Waals surface area contributed by atoms with Gasteiger partial charge in [0.1, 0.15) is 5.75 Å². The lowest BCUT2D eigenvalue weighted by Crippen LogP contribution is -2.12. The van der Waals surface area contributed by atoms with Gasteiger partial charge in [0.15, 0.2) is 0 Å². The fourth-order valence-corrected chi connectivity index (χ4v) is 2.16. The molecule has 0 amide bonds. The number of fused-ring (bicyclic) bond motifs is 1. The number of rotatable bonds is 5. The highest BCUT2D eigenvalue weighted by Gasteiger charge is 2.22. The van der Waals surface area contributed by atoms with E-state index in [0.717, 1.165) is 0 Å². The number of aromatic hydroxyl groups is 1. The maximum atomic E-state index is 12.1. The van der Waals surface area contributed by atoms with E-state index in [1.54, 1.807) is 19.9 Å². The zero-order valence-electron chi connectivity index (χ0n) is 11.9. The Morgan fingerprint density at radius 1 is 1.19 bits per heavy atom. The molecular formula is C15H17NO5. The summed E-state index contributed by atoms with van der Waals surface area (Å²) in [6.07, 6.45) is -0.0581. The molecule has 0 aliphatic heterocycles. The second-order valence-corrected chi connectivity index (χ2v) is 4.41. The number of phenols is 1. The Morgan fingerprint density at radius 2 is 1.90 bits per heavy atom. The molecule has 112 valence electrons. The van der Waals surface area contributed by atoms with Crippen molar-refractivity contribution in [1.29, 1.82) is 0 Å². The summed E-state index contributed by atoms with van der Waals surface area (Å²) >= 11 is 0. The molecule has 0 spiro atoms. The first-order valence-electron chi connectivity index (χ1n) is 6.73. The van der Waals surface area contributed by atoms with Crippen LogP contribution in [0.4, 0.5) is 0 Å². The Balaban J connectivity index is 2.49. The number of esters is 2. The number of aromatic amines is 1. The molecule has 2 rings (SSSR count). The lowest BCUT2D eigenvalue weighted by molar-refractivity contribution is -0.142. The van der Waals surface area contributed by atoms with Crippen molar-refractivity contribution in [1.82, 2.24) is 4.98 Å². The van der Waals surface area contributed by atoms with Gasteiger partial charge in [-0.2, -0.15) is 0 Å². The summed E-state index contributed by atoms with van der Waals surface area (Å²) in [6.45, 7) is 3.92. The standard InChI is InChI=1S/C15H17NO5/c1-3-20-13(18)8-12-14(15(19)21-4-2)10-7-9(17)5-6-11(10)16-12/h5-7,16-17H,3-4,8H2,1-2H3. The number of phenolic OH excluding ortho intramolecular Hbond substituents is 1. The van der Waals surface area contributed by atoms with Crippen LogP contribution in [0.2, 0.25) is 0 Å². The number of hydrogen-bond acceptors (Lipinski definition) is 5. The molecule has 0 saturated carbocycles. The van der Waals surface area contributed by atoms with Crippen molar-refractivity contribution >= 4 is 22.8 Å². The molecule has 0 unspecified atom stereocenters. The molecule has 0 saturated heterocycles. The minimum absolute atomic E-state index is 0.0368. The van der Waals surface area contributed by atoms with E-state index < -0.39 is 11.9 Å². The van der Waals surface area contributed by atoms with E-state index in [1.165, 1.54) is 12.1 Å². The van der Waals surface area contributed by atoms with Gasteiger partial charge < -0.3 is 19.6 Å². The van der Waals surface area contributed by atoms with E-state index >= 15 is 0 Å². The van der Waals surface area contributed by atoms with Crippen LogP contribution in [-0.2, 0) is 20.7 Å². The van der Waals surface area contributed by atoms with Crippen LogP contribution < -0.4 is 0 Å². The van der Waals surface area contributed by atoms with Gasteiger partial charge in [-0.15, -0.1) is 0 Å². The highest BCUT2D eigenvalue weighted by molar-refractivity contribution is 6.06. The predicted molar refractivity (Wildman–Crippen MR) is 76.3 cm³/mol. The smallest absolute Gasteiger partial charge is 0.340 e. The summed E-state index contributed by atoms with van der Waals surface area (Å²) in [6, 6.07) is 4.61. The van der Waals surface area contributed by atoms with E-state index in [1.807, 2.05) is 0 Å². The first-order chi connectivity index (χ1) is 10.1. The molecule has 2 N–H and O–H groups in total. The summed E-state index contributed by atoms with van der Waals surface area (Å²) in [5, 5.41) is 10.1. The molecule has 21 heavy (non-hydrogen) atoms. The van der Waals surface area contributed by atoms with Gasteiger partial charge in [-0.3, -0.25) is 4.79 Å². The van der Waals surface area contributed by atoms with Gasteiger partial charge in [0.05, 0.1) is 25.2 Å². The lowest BCUT2D eigenvalue weighted by Gasteiger charge is -2.05. The zero-order valence-corrected chi connectivity index (χ0v) is 11.9. The van der Waals surface area contributed by atoms with Crippen LogP contribution in [0.15, 0.2) is 18.2 Å². The summed E-state index contributed by atoms with van der Waals surface area (Å²) in [5.41, 5.74) is 1.33. The van der Waals surface area contributed by atoms with Crippen molar-refractivity contribution in [2.75, 3.05) is 13.2 Å². The van der Waals surface area contributed by atoms with Crippen LogP contribution in [0.1, 0.15) is 29.9 Å². The highest BCUT2D eigenvalue weighted by Crippen LogP contribution is 2.27. The number of aromatic nitrogens is 1. The first kappa shape index (κ1) is 14.9. The van der Waals surface area contributed by atoms with Gasteiger partial charge in [-0.25, -0.2) is 4.79 Å². The number of nitrogens with one attached hydrogen (secondary N) is 1. The average Bonchev–Trinajstić information content (AvgIpc) is 2.76. The first-order valence-corrected chi connectivity index (χ1v) is 6.73. The highest BCUT2D eigenvalue weighted by atomic mass is 16.5. The van der Waals surface area contributed by atoms with Gasteiger partial charge in [-0.1, -0.05) is 0 Å². The number of carbonyl (C=O) groups is 2. The second kappa shape index (κ2) is 6.30. The minimum Gasteiger partial charge on any atom is -0.508 e. The molecule has 0 aliphatic rings. The van der Waals surface area contributed by atoms with Crippen LogP contribution in [0.25, 0.3) is 10.9 Å². The van der Waals surface area contributed by atoms with Crippen molar-refractivity contribution < 1.29 is 24.2 Å². The molecule has 2 aromatic rings. The van der Waals surface area contributed by atoms with E-state index in [9.17, 15) is 14.7 Å². The molecule has 6 nitrogen and oxygen atoms in total. The molecule has 0 aliphatic carbocycles. The SMILES string of the molecule is CCOC(=O)Cc1[nH]c2ccc(O)cc2c1C(=O)OCC. The maximum absolute atomic E-state index is 12.1. The molecule has 6 heteroatoms. The van der Waals surface area contributed by atoms with Gasteiger partial charge in [0.2, 0.25) is 0 Å². The van der Waals surface area contributed by atoms with Gasteiger partial charge in [-0.05, 0) is 32.0 Å². The monoisotopic (exact) mass is 291 g/mol. The summed E-state index contributed by atoms with van der Waals surface area (Å²) in [7, 11) is 0. The van der Waals surface area contributed by atoms with Gasteiger partial charge in [0.25, 0.3) is 0 Å². The Morgan fingerprint density at radius 3 is 2.57 bits per heavy atom. The molecule has 0 bridgehead atoms. The molecule has 1 aromatic carbocycles. The Hall–Kier alpha value is -2.50. The molecule has 0 radical (unpaired) electrons. The largest absolute Gasteiger partial charge is 0.508 e. The lowest BCUT2D eigenvalue weighted by atomic mass is 10.1. The van der Waals surface area contributed by atoms with E-state index in [4.69, 9.17) is 9.47 Å². The molecule has 0 atom stereocenters. The maximum Gasteiger partial charge on any atom is 0.340 e.